The van der Waals surface area contributed by atoms with Crippen molar-refractivity contribution in [1.29, 1.82) is 0 Å². The van der Waals surface area contributed by atoms with Crippen molar-refractivity contribution in [3.8, 4) is 0 Å². The largest absolute Gasteiger partial charge is 0.448 e. The lowest BCUT2D eigenvalue weighted by Crippen LogP contribution is -2.45. The molecule has 20 heavy (non-hydrogen) atoms. The molecule has 1 aromatic heterocycles. The average Bonchev–Trinajstić information content (AvgIpc) is 2.77. The minimum Gasteiger partial charge on any atom is -0.448 e. The average molecular weight is 344 g/mol. The molecular weight excluding hydrogens is 319 g/mol. The Hall–Kier alpha value is 0.0700. The standard InChI is InChI=1S/C14H23ClN2O.2ClH/c1-11(2)3-4-12(13-5-6-14(15)18-13)17-9-7-16-8-10-17;;/h5-6,11-12,16H,3-4,7-10H2,1-2H3;2*1H/t12-;;/m1../s1. The summed E-state index contributed by atoms with van der Waals surface area (Å²) in [5, 5.41) is 3.89. The minimum absolute atomic E-state index is 0. The van der Waals surface area contributed by atoms with Crippen molar-refractivity contribution in [2.24, 2.45) is 5.92 Å². The molecular formula is C14H25Cl3N2O. The molecule has 0 aromatic carbocycles. The maximum Gasteiger partial charge on any atom is 0.193 e. The summed E-state index contributed by atoms with van der Waals surface area (Å²) in [5.41, 5.74) is 0. The highest BCUT2D eigenvalue weighted by Crippen LogP contribution is 2.30. The Balaban J connectivity index is 0.00000180. The second kappa shape index (κ2) is 9.91. The highest BCUT2D eigenvalue weighted by Gasteiger charge is 2.24. The van der Waals surface area contributed by atoms with E-state index in [1.54, 1.807) is 0 Å². The number of piperazine rings is 1. The highest BCUT2D eigenvalue weighted by atomic mass is 35.5. The lowest BCUT2D eigenvalue weighted by Gasteiger charge is -2.34. The van der Waals surface area contributed by atoms with E-state index in [0.717, 1.165) is 44.3 Å². The van der Waals surface area contributed by atoms with Crippen molar-refractivity contribution in [2.45, 2.75) is 32.7 Å². The number of halogens is 3. The zero-order valence-electron chi connectivity index (χ0n) is 12.1. The summed E-state index contributed by atoms with van der Waals surface area (Å²) in [5.74, 6) is 1.74. The number of furan rings is 1. The molecule has 0 radical (unpaired) electrons. The highest BCUT2D eigenvalue weighted by molar-refractivity contribution is 6.28. The molecule has 0 aliphatic carbocycles. The van der Waals surface area contributed by atoms with Gasteiger partial charge in [0.15, 0.2) is 5.22 Å². The van der Waals surface area contributed by atoms with Crippen LogP contribution < -0.4 is 5.32 Å². The number of rotatable bonds is 5. The predicted molar refractivity (Wildman–Crippen MR) is 89.5 cm³/mol. The van der Waals surface area contributed by atoms with Gasteiger partial charge in [0.25, 0.3) is 0 Å². The molecule has 118 valence electrons. The first-order valence-corrected chi connectivity index (χ1v) is 7.24. The van der Waals surface area contributed by atoms with Crippen LogP contribution in [0.5, 0.6) is 0 Å². The van der Waals surface area contributed by atoms with Crippen LogP contribution in [-0.2, 0) is 0 Å². The zero-order chi connectivity index (χ0) is 13.0. The van der Waals surface area contributed by atoms with E-state index in [-0.39, 0.29) is 24.8 Å². The predicted octanol–water partition coefficient (Wildman–Crippen LogP) is 4.16. The SMILES string of the molecule is CC(C)CC[C@H](c1ccc(Cl)o1)N1CCNCC1.Cl.Cl. The monoisotopic (exact) mass is 342 g/mol. The van der Waals surface area contributed by atoms with Gasteiger partial charge in [-0.1, -0.05) is 13.8 Å². The maximum absolute atomic E-state index is 5.91. The van der Waals surface area contributed by atoms with E-state index in [2.05, 4.69) is 24.1 Å². The molecule has 6 heteroatoms. The Morgan fingerprint density at radius 2 is 1.85 bits per heavy atom. The van der Waals surface area contributed by atoms with E-state index in [9.17, 15) is 0 Å². The van der Waals surface area contributed by atoms with Crippen molar-refractivity contribution >= 4 is 36.4 Å². The Labute approximate surface area is 139 Å². The summed E-state index contributed by atoms with van der Waals surface area (Å²) in [4.78, 5) is 2.51. The van der Waals surface area contributed by atoms with Crippen molar-refractivity contribution in [3.63, 3.8) is 0 Å². The normalized spacial score (nSPS) is 17.4. The lowest BCUT2D eigenvalue weighted by molar-refractivity contribution is 0.141. The first kappa shape index (κ1) is 20.1. The molecule has 1 fully saturated rings. The van der Waals surface area contributed by atoms with E-state index < -0.39 is 0 Å². The third-order valence-corrected chi connectivity index (χ3v) is 3.74. The first-order valence-electron chi connectivity index (χ1n) is 6.87. The van der Waals surface area contributed by atoms with E-state index in [1.165, 1.54) is 6.42 Å². The van der Waals surface area contributed by atoms with Crippen molar-refractivity contribution in [1.82, 2.24) is 10.2 Å². The first-order chi connectivity index (χ1) is 8.66. The molecule has 1 N–H and O–H groups in total. The summed E-state index contributed by atoms with van der Waals surface area (Å²) >= 11 is 5.91. The van der Waals surface area contributed by atoms with Crippen LogP contribution in [0.25, 0.3) is 0 Å². The van der Waals surface area contributed by atoms with Crippen LogP contribution in [0.1, 0.15) is 38.5 Å². The summed E-state index contributed by atoms with van der Waals surface area (Å²) in [6.07, 6.45) is 2.36. The number of nitrogens with zero attached hydrogens (tertiary/aromatic N) is 1. The molecule has 1 aliphatic rings. The molecule has 1 atom stereocenters. The second-order valence-electron chi connectivity index (χ2n) is 5.41. The molecule has 0 amide bonds. The minimum atomic E-state index is 0. The molecule has 0 spiro atoms. The summed E-state index contributed by atoms with van der Waals surface area (Å²) < 4.78 is 5.63. The van der Waals surface area contributed by atoms with E-state index in [4.69, 9.17) is 16.0 Å². The summed E-state index contributed by atoms with van der Waals surface area (Å²) in [6, 6.07) is 4.25. The van der Waals surface area contributed by atoms with E-state index >= 15 is 0 Å². The van der Waals surface area contributed by atoms with Crippen LogP contribution in [0.15, 0.2) is 16.5 Å². The number of hydrogen-bond donors (Lipinski definition) is 1. The van der Waals surface area contributed by atoms with Gasteiger partial charge >= 0.3 is 0 Å². The van der Waals surface area contributed by atoms with Gasteiger partial charge in [-0.15, -0.1) is 24.8 Å². The van der Waals surface area contributed by atoms with Gasteiger partial charge in [-0.05, 0) is 42.5 Å². The fourth-order valence-electron chi connectivity index (χ4n) is 2.50. The van der Waals surface area contributed by atoms with Crippen LogP contribution in [0.3, 0.4) is 0 Å². The second-order valence-corrected chi connectivity index (χ2v) is 5.79. The van der Waals surface area contributed by atoms with Gasteiger partial charge in [-0.3, -0.25) is 4.90 Å². The van der Waals surface area contributed by atoms with E-state index in [1.807, 2.05) is 12.1 Å². The summed E-state index contributed by atoms with van der Waals surface area (Å²) in [7, 11) is 0. The van der Waals surface area contributed by atoms with Gasteiger partial charge < -0.3 is 9.73 Å². The fraction of sp³-hybridized carbons (Fsp3) is 0.714. The van der Waals surface area contributed by atoms with E-state index in [0.29, 0.717) is 11.3 Å². The van der Waals surface area contributed by atoms with Gasteiger partial charge in [0.05, 0.1) is 6.04 Å². The lowest BCUT2D eigenvalue weighted by atomic mass is 10.00. The zero-order valence-corrected chi connectivity index (χ0v) is 14.5. The van der Waals surface area contributed by atoms with Crippen LogP contribution in [0, 0.1) is 5.92 Å². The van der Waals surface area contributed by atoms with Crippen LogP contribution in [0.2, 0.25) is 5.22 Å². The molecule has 1 aliphatic heterocycles. The van der Waals surface area contributed by atoms with Gasteiger partial charge in [-0.2, -0.15) is 0 Å². The Kier molecular flexibility index (Phi) is 9.94. The van der Waals surface area contributed by atoms with Crippen LogP contribution in [-0.4, -0.2) is 31.1 Å². The summed E-state index contributed by atoms with van der Waals surface area (Å²) in [6.45, 7) is 8.83. The smallest absolute Gasteiger partial charge is 0.193 e. The maximum atomic E-state index is 5.91. The Bertz CT molecular complexity index is 365. The van der Waals surface area contributed by atoms with Crippen molar-refractivity contribution in [2.75, 3.05) is 26.2 Å². The van der Waals surface area contributed by atoms with Gasteiger partial charge in [0, 0.05) is 26.2 Å². The fourth-order valence-corrected chi connectivity index (χ4v) is 2.65. The van der Waals surface area contributed by atoms with Crippen LogP contribution >= 0.6 is 36.4 Å². The third kappa shape index (κ3) is 5.82. The van der Waals surface area contributed by atoms with Gasteiger partial charge in [0.2, 0.25) is 0 Å². The van der Waals surface area contributed by atoms with Crippen LogP contribution in [0.4, 0.5) is 0 Å². The third-order valence-electron chi connectivity index (χ3n) is 3.53. The molecule has 0 unspecified atom stereocenters. The number of hydrogen-bond acceptors (Lipinski definition) is 3. The van der Waals surface area contributed by atoms with Crippen molar-refractivity contribution in [3.05, 3.63) is 23.1 Å². The molecule has 0 bridgehead atoms. The molecule has 3 nitrogen and oxygen atoms in total. The van der Waals surface area contributed by atoms with Crippen molar-refractivity contribution < 1.29 is 4.42 Å². The topological polar surface area (TPSA) is 28.4 Å². The quantitative estimate of drug-likeness (QED) is 0.870. The van der Waals surface area contributed by atoms with Gasteiger partial charge in [0.1, 0.15) is 5.76 Å². The molecule has 1 aromatic rings. The Morgan fingerprint density at radius 3 is 2.35 bits per heavy atom. The molecule has 2 rings (SSSR count). The molecule has 0 saturated carbocycles. The Morgan fingerprint density at radius 1 is 1.20 bits per heavy atom. The molecule has 2 heterocycles. The van der Waals surface area contributed by atoms with Gasteiger partial charge in [-0.25, -0.2) is 0 Å². The molecule has 1 saturated heterocycles. The number of nitrogens with one attached hydrogen (secondary N) is 1.